The van der Waals surface area contributed by atoms with Gasteiger partial charge in [0.15, 0.2) is 6.29 Å². The molecule has 0 amide bonds. The Morgan fingerprint density at radius 3 is 2.55 bits per heavy atom. The van der Waals surface area contributed by atoms with Crippen molar-refractivity contribution in [1.29, 1.82) is 0 Å². The molecule has 0 radical (unpaired) electrons. The van der Waals surface area contributed by atoms with E-state index in [2.05, 4.69) is 0 Å². The van der Waals surface area contributed by atoms with E-state index in [9.17, 15) is 5.11 Å². The number of methoxy groups -OCH3 is 2. The average molecular weight is 280 g/mol. The van der Waals surface area contributed by atoms with Crippen molar-refractivity contribution in [3.8, 4) is 11.5 Å². The van der Waals surface area contributed by atoms with Gasteiger partial charge in [0, 0.05) is 17.5 Å². The van der Waals surface area contributed by atoms with Crippen molar-refractivity contribution in [1.82, 2.24) is 0 Å². The van der Waals surface area contributed by atoms with Gasteiger partial charge in [-0.25, -0.2) is 0 Å². The maximum Gasteiger partial charge on any atom is 0.163 e. The molecule has 0 bridgehead atoms. The molecule has 0 aromatic heterocycles. The molecule has 2 aliphatic rings. The number of hydrogen-bond donors (Lipinski definition) is 1. The highest BCUT2D eigenvalue weighted by atomic mass is 16.7. The molecule has 3 rings (SSSR count). The Balaban J connectivity index is 1.95. The van der Waals surface area contributed by atoms with Crippen molar-refractivity contribution in [3.63, 3.8) is 0 Å². The fourth-order valence-electron chi connectivity index (χ4n) is 3.09. The minimum Gasteiger partial charge on any atom is -0.497 e. The van der Waals surface area contributed by atoms with Crippen LogP contribution in [-0.2, 0) is 15.9 Å². The third kappa shape index (κ3) is 2.26. The van der Waals surface area contributed by atoms with Crippen molar-refractivity contribution in [2.24, 2.45) is 5.92 Å². The first-order valence-corrected chi connectivity index (χ1v) is 6.90. The summed E-state index contributed by atoms with van der Waals surface area (Å²) in [5.74, 6) is 1.36. The molecule has 1 saturated heterocycles. The van der Waals surface area contributed by atoms with Gasteiger partial charge in [0.1, 0.15) is 11.5 Å². The van der Waals surface area contributed by atoms with Gasteiger partial charge in [-0.3, -0.25) is 0 Å². The molecule has 1 aromatic rings. The van der Waals surface area contributed by atoms with E-state index in [1.807, 2.05) is 6.07 Å². The Labute approximate surface area is 118 Å². The summed E-state index contributed by atoms with van der Waals surface area (Å²) in [6.45, 7) is 1.20. The fourth-order valence-corrected chi connectivity index (χ4v) is 3.09. The largest absolute Gasteiger partial charge is 0.497 e. The lowest BCUT2D eigenvalue weighted by atomic mass is 9.80. The fraction of sp³-hybridized carbons (Fsp3) is 0.600. The highest BCUT2D eigenvalue weighted by molar-refractivity contribution is 5.49. The quantitative estimate of drug-likeness (QED) is 0.912. The van der Waals surface area contributed by atoms with Crippen LogP contribution in [0.3, 0.4) is 0 Å². The predicted molar refractivity (Wildman–Crippen MR) is 72.0 cm³/mol. The normalized spacial score (nSPS) is 26.4. The molecule has 1 heterocycles. The molecular weight excluding hydrogens is 260 g/mol. The standard InChI is InChI=1S/C15H20O5/c1-17-10-7-9-3-4-11(15-19-5-6-20-15)14(16)13(9)12(8-10)18-2/h7-8,11,14-16H,3-6H2,1-2H3. The van der Waals surface area contributed by atoms with Gasteiger partial charge in [0.05, 0.1) is 33.5 Å². The van der Waals surface area contributed by atoms with Crippen LogP contribution in [0.4, 0.5) is 0 Å². The average Bonchev–Trinajstić information content (AvgIpc) is 3.00. The van der Waals surface area contributed by atoms with Gasteiger partial charge >= 0.3 is 0 Å². The third-order valence-electron chi connectivity index (χ3n) is 4.10. The number of benzene rings is 1. The summed E-state index contributed by atoms with van der Waals surface area (Å²) in [6.07, 6.45) is 0.732. The maximum atomic E-state index is 10.7. The second-order valence-corrected chi connectivity index (χ2v) is 5.16. The third-order valence-corrected chi connectivity index (χ3v) is 4.10. The molecule has 20 heavy (non-hydrogen) atoms. The van der Waals surface area contributed by atoms with Crippen LogP contribution in [0.25, 0.3) is 0 Å². The van der Waals surface area contributed by atoms with E-state index in [1.165, 1.54) is 0 Å². The van der Waals surface area contributed by atoms with Crippen LogP contribution in [0.2, 0.25) is 0 Å². The first kappa shape index (κ1) is 13.7. The van der Waals surface area contributed by atoms with Crippen LogP contribution in [-0.4, -0.2) is 38.8 Å². The van der Waals surface area contributed by atoms with E-state index in [0.29, 0.717) is 19.0 Å². The molecule has 110 valence electrons. The molecule has 0 spiro atoms. The summed E-state index contributed by atoms with van der Waals surface area (Å²) in [7, 11) is 3.23. The summed E-state index contributed by atoms with van der Waals surface area (Å²) >= 11 is 0. The Morgan fingerprint density at radius 2 is 1.90 bits per heavy atom. The lowest BCUT2D eigenvalue weighted by Crippen LogP contribution is -2.32. The van der Waals surface area contributed by atoms with Gasteiger partial charge in [-0.1, -0.05) is 0 Å². The van der Waals surface area contributed by atoms with Crippen molar-refractivity contribution in [2.75, 3.05) is 27.4 Å². The number of fused-ring (bicyclic) bond motifs is 1. The lowest BCUT2D eigenvalue weighted by Gasteiger charge is -2.33. The zero-order valence-corrected chi connectivity index (χ0v) is 11.8. The van der Waals surface area contributed by atoms with E-state index in [0.717, 1.165) is 29.7 Å². The predicted octanol–water partition coefficient (Wildman–Crippen LogP) is 1.67. The first-order valence-electron chi connectivity index (χ1n) is 6.90. The van der Waals surface area contributed by atoms with Gasteiger partial charge in [0.25, 0.3) is 0 Å². The van der Waals surface area contributed by atoms with Crippen molar-refractivity contribution >= 4 is 0 Å². The molecule has 1 aliphatic heterocycles. The van der Waals surface area contributed by atoms with E-state index in [1.54, 1.807) is 20.3 Å². The minimum absolute atomic E-state index is 0.0488. The number of aryl methyl sites for hydroxylation is 1. The van der Waals surface area contributed by atoms with Crippen molar-refractivity contribution in [3.05, 3.63) is 23.3 Å². The Hall–Kier alpha value is -1.30. The van der Waals surface area contributed by atoms with Crippen LogP contribution in [0.1, 0.15) is 23.7 Å². The van der Waals surface area contributed by atoms with Gasteiger partial charge in [-0.2, -0.15) is 0 Å². The topological polar surface area (TPSA) is 57.2 Å². The van der Waals surface area contributed by atoms with Gasteiger partial charge in [-0.15, -0.1) is 0 Å². The van der Waals surface area contributed by atoms with Gasteiger partial charge in [-0.05, 0) is 24.5 Å². The van der Waals surface area contributed by atoms with Crippen molar-refractivity contribution in [2.45, 2.75) is 25.2 Å². The zero-order valence-electron chi connectivity index (χ0n) is 11.8. The van der Waals surface area contributed by atoms with Crippen LogP contribution in [0.15, 0.2) is 12.1 Å². The van der Waals surface area contributed by atoms with E-state index < -0.39 is 6.10 Å². The summed E-state index contributed by atoms with van der Waals surface area (Å²) in [5.41, 5.74) is 1.91. The highest BCUT2D eigenvalue weighted by Gasteiger charge is 2.38. The van der Waals surface area contributed by atoms with Crippen molar-refractivity contribution < 1.29 is 24.1 Å². The summed E-state index contributed by atoms with van der Waals surface area (Å²) in [6, 6.07) is 3.77. The molecular formula is C15H20O5. The molecule has 5 heteroatoms. The van der Waals surface area contributed by atoms with E-state index in [4.69, 9.17) is 18.9 Å². The minimum atomic E-state index is -0.636. The van der Waals surface area contributed by atoms with Crippen LogP contribution >= 0.6 is 0 Å². The van der Waals surface area contributed by atoms with Gasteiger partial charge in [0.2, 0.25) is 0 Å². The first-order chi connectivity index (χ1) is 9.74. The molecule has 2 unspecified atom stereocenters. The number of ether oxygens (including phenoxy) is 4. The number of aliphatic hydroxyl groups excluding tert-OH is 1. The smallest absolute Gasteiger partial charge is 0.163 e. The maximum absolute atomic E-state index is 10.7. The molecule has 5 nitrogen and oxygen atoms in total. The number of hydrogen-bond acceptors (Lipinski definition) is 5. The SMILES string of the molecule is COc1cc2c(c(OC)c1)C(O)C(C1OCCO1)CC2. The molecule has 1 fully saturated rings. The molecule has 1 N–H and O–H groups in total. The van der Waals surface area contributed by atoms with E-state index >= 15 is 0 Å². The van der Waals surface area contributed by atoms with E-state index in [-0.39, 0.29) is 12.2 Å². The Bertz CT molecular complexity index is 464. The zero-order chi connectivity index (χ0) is 14.1. The lowest BCUT2D eigenvalue weighted by molar-refractivity contribution is -0.123. The Kier molecular flexibility index (Phi) is 3.83. The second-order valence-electron chi connectivity index (χ2n) is 5.16. The van der Waals surface area contributed by atoms with Crippen LogP contribution < -0.4 is 9.47 Å². The summed E-state index contributed by atoms with van der Waals surface area (Å²) < 4.78 is 21.8. The van der Waals surface area contributed by atoms with Crippen LogP contribution in [0.5, 0.6) is 11.5 Å². The number of aliphatic hydroxyl groups is 1. The molecule has 0 saturated carbocycles. The van der Waals surface area contributed by atoms with Gasteiger partial charge < -0.3 is 24.1 Å². The summed E-state index contributed by atoms with van der Waals surface area (Å²) in [4.78, 5) is 0. The highest BCUT2D eigenvalue weighted by Crippen LogP contribution is 2.44. The Morgan fingerprint density at radius 1 is 1.15 bits per heavy atom. The number of rotatable bonds is 3. The summed E-state index contributed by atoms with van der Waals surface area (Å²) in [5, 5.41) is 10.7. The molecule has 1 aromatic carbocycles. The van der Waals surface area contributed by atoms with Crippen LogP contribution in [0, 0.1) is 5.92 Å². The monoisotopic (exact) mass is 280 g/mol. The second kappa shape index (κ2) is 5.60. The molecule has 2 atom stereocenters. The molecule has 1 aliphatic carbocycles.